The summed E-state index contributed by atoms with van der Waals surface area (Å²) < 4.78 is 53.1. The Morgan fingerprint density at radius 2 is 1.85 bits per heavy atom. The van der Waals surface area contributed by atoms with Crippen molar-refractivity contribution in [3.05, 3.63) is 59.7 Å². The number of aromatic nitrogens is 1. The van der Waals surface area contributed by atoms with E-state index in [-0.39, 0.29) is 11.1 Å². The molecule has 20 heavy (non-hydrogen) atoms. The molecule has 7 heteroatoms. The standard InChI is InChI=1S/C13H9F4NO2/c14-10-4-9(6-18-7-10)12(19)8-2-1-3-11(5-8)20-13(15,16)17/h1-7,12,19H. The highest BCUT2D eigenvalue weighted by molar-refractivity contribution is 5.34. The molecule has 0 bridgehead atoms. The van der Waals surface area contributed by atoms with Crippen molar-refractivity contribution in [2.75, 3.05) is 0 Å². The second-order valence-corrected chi connectivity index (χ2v) is 3.96. The maximum absolute atomic E-state index is 13.0. The van der Waals surface area contributed by atoms with Crippen LogP contribution in [-0.4, -0.2) is 16.5 Å². The minimum Gasteiger partial charge on any atom is -0.406 e. The molecule has 0 aliphatic heterocycles. The molecular formula is C13H9F4NO2. The molecule has 2 rings (SSSR count). The molecule has 0 saturated heterocycles. The SMILES string of the molecule is OC(c1cncc(F)c1)c1cccc(OC(F)(F)F)c1. The number of ether oxygens (including phenoxy) is 1. The number of pyridine rings is 1. The highest BCUT2D eigenvalue weighted by atomic mass is 19.4. The molecule has 2 aromatic rings. The van der Waals surface area contributed by atoms with E-state index in [0.29, 0.717) is 0 Å². The Hall–Kier alpha value is -2.15. The molecular weight excluding hydrogens is 278 g/mol. The van der Waals surface area contributed by atoms with Crippen molar-refractivity contribution in [3.8, 4) is 5.75 Å². The summed E-state index contributed by atoms with van der Waals surface area (Å²) in [5.74, 6) is -1.11. The molecule has 1 aromatic heterocycles. The molecule has 0 radical (unpaired) electrons. The summed E-state index contributed by atoms with van der Waals surface area (Å²) in [6, 6.07) is 5.89. The van der Waals surface area contributed by atoms with Crippen LogP contribution in [0.4, 0.5) is 17.6 Å². The number of aliphatic hydroxyl groups excluding tert-OH is 1. The third kappa shape index (κ3) is 3.67. The summed E-state index contributed by atoms with van der Waals surface area (Å²) in [5.41, 5.74) is 0.272. The lowest BCUT2D eigenvalue weighted by atomic mass is 10.0. The van der Waals surface area contributed by atoms with Gasteiger partial charge in [-0.1, -0.05) is 12.1 Å². The van der Waals surface area contributed by atoms with Gasteiger partial charge in [0.1, 0.15) is 17.7 Å². The summed E-state index contributed by atoms with van der Waals surface area (Å²) in [7, 11) is 0. The smallest absolute Gasteiger partial charge is 0.406 e. The molecule has 0 spiro atoms. The van der Waals surface area contributed by atoms with Crippen LogP contribution in [0.3, 0.4) is 0 Å². The van der Waals surface area contributed by atoms with Crippen LogP contribution in [0.15, 0.2) is 42.7 Å². The largest absolute Gasteiger partial charge is 0.573 e. The second kappa shape index (κ2) is 5.46. The average Bonchev–Trinajstić information content (AvgIpc) is 2.36. The molecule has 0 fully saturated rings. The van der Waals surface area contributed by atoms with Gasteiger partial charge < -0.3 is 9.84 Å². The van der Waals surface area contributed by atoms with E-state index in [1.54, 1.807) is 0 Å². The lowest BCUT2D eigenvalue weighted by Gasteiger charge is -2.14. The van der Waals surface area contributed by atoms with Crippen molar-refractivity contribution in [2.45, 2.75) is 12.5 Å². The predicted octanol–water partition coefficient (Wildman–Crippen LogP) is 3.20. The molecule has 0 saturated carbocycles. The zero-order valence-electron chi connectivity index (χ0n) is 9.93. The summed E-state index contributed by atoms with van der Waals surface area (Å²) in [6.07, 6.45) is -3.93. The van der Waals surface area contributed by atoms with Crippen LogP contribution in [0.1, 0.15) is 17.2 Å². The first-order valence-electron chi connectivity index (χ1n) is 5.49. The van der Waals surface area contributed by atoms with Gasteiger partial charge in [-0.3, -0.25) is 4.98 Å². The van der Waals surface area contributed by atoms with Crippen molar-refractivity contribution in [1.29, 1.82) is 0 Å². The predicted molar refractivity (Wildman–Crippen MR) is 61.4 cm³/mol. The highest BCUT2D eigenvalue weighted by Gasteiger charge is 2.31. The van der Waals surface area contributed by atoms with Gasteiger partial charge in [0, 0.05) is 11.8 Å². The third-order valence-corrected chi connectivity index (χ3v) is 2.45. The Labute approximate surface area is 111 Å². The minimum atomic E-state index is -4.82. The lowest BCUT2D eigenvalue weighted by molar-refractivity contribution is -0.274. The normalized spacial score (nSPS) is 13.1. The second-order valence-electron chi connectivity index (χ2n) is 3.96. The molecule has 0 amide bonds. The Bertz CT molecular complexity index is 601. The van der Waals surface area contributed by atoms with Gasteiger partial charge in [0.2, 0.25) is 0 Å². The molecule has 1 N–H and O–H groups in total. The zero-order chi connectivity index (χ0) is 14.8. The van der Waals surface area contributed by atoms with E-state index in [1.165, 1.54) is 18.3 Å². The minimum absolute atomic E-state index is 0.133. The summed E-state index contributed by atoms with van der Waals surface area (Å²) in [6.45, 7) is 0. The van der Waals surface area contributed by atoms with Crippen molar-refractivity contribution in [2.24, 2.45) is 0 Å². The van der Waals surface area contributed by atoms with Gasteiger partial charge in [0.15, 0.2) is 0 Å². The van der Waals surface area contributed by atoms with Gasteiger partial charge in [-0.2, -0.15) is 0 Å². The lowest BCUT2D eigenvalue weighted by Crippen LogP contribution is -2.17. The van der Waals surface area contributed by atoms with Crippen LogP contribution in [-0.2, 0) is 0 Å². The van der Waals surface area contributed by atoms with Crippen LogP contribution in [0, 0.1) is 5.82 Å². The molecule has 1 atom stereocenters. The molecule has 106 valence electrons. The number of alkyl halides is 3. The fourth-order valence-corrected chi connectivity index (χ4v) is 1.65. The maximum Gasteiger partial charge on any atom is 0.573 e. The number of nitrogens with zero attached hydrogens (tertiary/aromatic N) is 1. The van der Waals surface area contributed by atoms with Crippen LogP contribution >= 0.6 is 0 Å². The van der Waals surface area contributed by atoms with E-state index in [0.717, 1.165) is 24.4 Å². The van der Waals surface area contributed by atoms with Gasteiger partial charge in [-0.25, -0.2) is 4.39 Å². The number of benzene rings is 1. The number of rotatable bonds is 3. The number of halogens is 4. The number of hydrogen-bond donors (Lipinski definition) is 1. The molecule has 1 aromatic carbocycles. The van der Waals surface area contributed by atoms with Crippen LogP contribution in [0.5, 0.6) is 5.75 Å². The average molecular weight is 287 g/mol. The Morgan fingerprint density at radius 3 is 2.50 bits per heavy atom. The Morgan fingerprint density at radius 1 is 1.10 bits per heavy atom. The van der Waals surface area contributed by atoms with Crippen molar-refractivity contribution >= 4 is 0 Å². The fraction of sp³-hybridized carbons (Fsp3) is 0.154. The summed E-state index contributed by atoms with van der Waals surface area (Å²) in [5, 5.41) is 10.00. The van der Waals surface area contributed by atoms with Gasteiger partial charge in [0.25, 0.3) is 0 Å². The van der Waals surface area contributed by atoms with E-state index < -0.39 is 24.0 Å². The van der Waals surface area contributed by atoms with Gasteiger partial charge in [0.05, 0.1) is 6.20 Å². The van der Waals surface area contributed by atoms with Gasteiger partial charge in [-0.15, -0.1) is 13.2 Å². The topological polar surface area (TPSA) is 42.4 Å². The quantitative estimate of drug-likeness (QED) is 0.881. The Kier molecular flexibility index (Phi) is 3.89. The summed E-state index contributed by atoms with van der Waals surface area (Å²) in [4.78, 5) is 3.57. The number of aliphatic hydroxyl groups is 1. The third-order valence-electron chi connectivity index (χ3n) is 2.45. The van der Waals surface area contributed by atoms with Gasteiger partial charge in [-0.05, 0) is 23.8 Å². The van der Waals surface area contributed by atoms with Crippen molar-refractivity contribution < 1.29 is 27.4 Å². The van der Waals surface area contributed by atoms with Crippen LogP contribution < -0.4 is 4.74 Å². The summed E-state index contributed by atoms with van der Waals surface area (Å²) >= 11 is 0. The van der Waals surface area contributed by atoms with Crippen LogP contribution in [0.25, 0.3) is 0 Å². The van der Waals surface area contributed by atoms with Crippen LogP contribution in [0.2, 0.25) is 0 Å². The number of hydrogen-bond acceptors (Lipinski definition) is 3. The van der Waals surface area contributed by atoms with E-state index in [1.807, 2.05) is 0 Å². The molecule has 1 unspecified atom stereocenters. The van der Waals surface area contributed by atoms with E-state index in [9.17, 15) is 22.7 Å². The first kappa shape index (κ1) is 14.3. The molecule has 3 nitrogen and oxygen atoms in total. The zero-order valence-corrected chi connectivity index (χ0v) is 9.93. The van der Waals surface area contributed by atoms with E-state index in [2.05, 4.69) is 9.72 Å². The first-order chi connectivity index (χ1) is 9.35. The molecule has 0 aliphatic rings. The van der Waals surface area contributed by atoms with E-state index in [4.69, 9.17) is 0 Å². The van der Waals surface area contributed by atoms with E-state index >= 15 is 0 Å². The van der Waals surface area contributed by atoms with Crippen molar-refractivity contribution in [1.82, 2.24) is 4.98 Å². The maximum atomic E-state index is 13.0. The fourth-order valence-electron chi connectivity index (χ4n) is 1.65. The van der Waals surface area contributed by atoms with Crippen molar-refractivity contribution in [3.63, 3.8) is 0 Å². The molecule has 1 heterocycles. The molecule has 0 aliphatic carbocycles. The first-order valence-corrected chi connectivity index (χ1v) is 5.49. The van der Waals surface area contributed by atoms with Gasteiger partial charge >= 0.3 is 6.36 Å². The highest BCUT2D eigenvalue weighted by Crippen LogP contribution is 2.28. The Balaban J connectivity index is 2.26. The monoisotopic (exact) mass is 287 g/mol.